The van der Waals surface area contributed by atoms with E-state index in [-0.39, 0.29) is 23.9 Å². The van der Waals surface area contributed by atoms with Crippen LogP contribution in [0.2, 0.25) is 10.0 Å². The Morgan fingerprint density at radius 1 is 1.21 bits per heavy atom. The molecule has 3 aromatic rings. The summed E-state index contributed by atoms with van der Waals surface area (Å²) in [6, 6.07) is 8.24. The molecule has 1 unspecified atom stereocenters. The third-order valence-electron chi connectivity index (χ3n) is 3.29. The molecule has 3 rings (SSSR count). The molecule has 1 aromatic carbocycles. The summed E-state index contributed by atoms with van der Waals surface area (Å²) < 4.78 is 6.20. The first kappa shape index (κ1) is 16.6. The number of nitrogens with zero attached hydrogens (tertiary/aromatic N) is 4. The Balaban J connectivity index is 1.70. The molecular weight excluding hydrogens is 355 g/mol. The van der Waals surface area contributed by atoms with E-state index in [0.717, 1.165) is 4.68 Å². The average molecular weight is 367 g/mol. The molecule has 0 bridgehead atoms. The van der Waals surface area contributed by atoms with Crippen molar-refractivity contribution in [2.24, 2.45) is 0 Å². The lowest BCUT2D eigenvalue weighted by Crippen LogP contribution is -2.23. The maximum Gasteiger partial charge on any atom is 0.285 e. The van der Waals surface area contributed by atoms with Crippen LogP contribution >= 0.6 is 23.2 Å². The second kappa shape index (κ2) is 7.12. The Kier molecular flexibility index (Phi) is 4.94. The Morgan fingerprint density at radius 2 is 1.96 bits per heavy atom. The van der Waals surface area contributed by atoms with E-state index in [1.165, 1.54) is 12.3 Å². The van der Waals surface area contributed by atoms with Crippen LogP contribution in [0.4, 0.5) is 0 Å². The van der Waals surface area contributed by atoms with Crippen molar-refractivity contribution in [2.45, 2.75) is 19.1 Å². The molecule has 0 aliphatic carbocycles. The number of hydrogen-bond donors (Lipinski definition) is 1. The van der Waals surface area contributed by atoms with Gasteiger partial charge in [-0.15, -0.1) is 0 Å². The number of aromatic nitrogens is 4. The fourth-order valence-electron chi connectivity index (χ4n) is 2.08. The minimum Gasteiger partial charge on any atom is -0.388 e. The van der Waals surface area contributed by atoms with Crippen molar-refractivity contribution in [1.82, 2.24) is 19.9 Å². The van der Waals surface area contributed by atoms with Gasteiger partial charge in [0.1, 0.15) is 11.6 Å². The minimum absolute atomic E-state index is 0.00341. The van der Waals surface area contributed by atoms with E-state index in [1.807, 2.05) is 0 Å². The topological polar surface area (TPSA) is 94.0 Å². The van der Waals surface area contributed by atoms with Gasteiger partial charge in [-0.3, -0.25) is 4.79 Å². The van der Waals surface area contributed by atoms with Gasteiger partial charge in [-0.05, 0) is 23.8 Å². The third-order valence-corrected chi connectivity index (χ3v) is 3.83. The van der Waals surface area contributed by atoms with Crippen molar-refractivity contribution in [1.29, 1.82) is 0 Å². The number of benzene rings is 1. The summed E-state index contributed by atoms with van der Waals surface area (Å²) in [6.45, 7) is 0.00341. The summed E-state index contributed by atoms with van der Waals surface area (Å²) in [7, 11) is 0. The SMILES string of the molecule is O=c1c(Cl)ccnn1Cc1nc(CC(O)c2ccc(Cl)cc2)no1. The molecule has 2 heterocycles. The highest BCUT2D eigenvalue weighted by molar-refractivity contribution is 6.30. The molecule has 0 spiro atoms. The molecule has 0 radical (unpaired) electrons. The fourth-order valence-corrected chi connectivity index (χ4v) is 2.36. The van der Waals surface area contributed by atoms with E-state index in [1.54, 1.807) is 24.3 Å². The Morgan fingerprint density at radius 3 is 2.71 bits per heavy atom. The van der Waals surface area contributed by atoms with E-state index in [4.69, 9.17) is 27.7 Å². The van der Waals surface area contributed by atoms with E-state index >= 15 is 0 Å². The minimum atomic E-state index is -0.792. The van der Waals surface area contributed by atoms with Crippen molar-refractivity contribution >= 4 is 23.2 Å². The number of halogens is 2. The molecule has 2 aromatic heterocycles. The zero-order valence-electron chi connectivity index (χ0n) is 12.3. The first-order valence-corrected chi connectivity index (χ1v) is 7.75. The molecule has 0 fully saturated rings. The van der Waals surface area contributed by atoms with Gasteiger partial charge >= 0.3 is 0 Å². The molecule has 0 aliphatic rings. The van der Waals surface area contributed by atoms with Crippen molar-refractivity contribution < 1.29 is 9.63 Å². The van der Waals surface area contributed by atoms with Gasteiger partial charge < -0.3 is 9.63 Å². The second-order valence-electron chi connectivity index (χ2n) is 5.02. The molecule has 0 amide bonds. The first-order chi connectivity index (χ1) is 11.5. The Bertz CT molecular complexity index is 892. The zero-order valence-corrected chi connectivity index (χ0v) is 13.8. The van der Waals surface area contributed by atoms with Crippen LogP contribution in [-0.4, -0.2) is 25.0 Å². The first-order valence-electron chi connectivity index (χ1n) is 6.99. The van der Waals surface area contributed by atoms with E-state index in [9.17, 15) is 9.90 Å². The lowest BCUT2D eigenvalue weighted by molar-refractivity contribution is 0.174. The largest absolute Gasteiger partial charge is 0.388 e. The van der Waals surface area contributed by atoms with Gasteiger partial charge in [0.15, 0.2) is 5.82 Å². The maximum atomic E-state index is 11.8. The van der Waals surface area contributed by atoms with Gasteiger partial charge in [0.2, 0.25) is 5.89 Å². The Hall–Kier alpha value is -2.22. The van der Waals surface area contributed by atoms with Gasteiger partial charge in [-0.25, -0.2) is 4.68 Å². The van der Waals surface area contributed by atoms with Crippen LogP contribution in [0, 0.1) is 0 Å². The van der Waals surface area contributed by atoms with Gasteiger partial charge in [-0.1, -0.05) is 40.5 Å². The van der Waals surface area contributed by atoms with Crippen LogP contribution < -0.4 is 5.56 Å². The maximum absolute atomic E-state index is 11.8. The summed E-state index contributed by atoms with van der Waals surface area (Å²) >= 11 is 11.6. The summed E-state index contributed by atoms with van der Waals surface area (Å²) in [4.78, 5) is 16.0. The molecule has 1 N–H and O–H groups in total. The molecule has 7 nitrogen and oxygen atoms in total. The van der Waals surface area contributed by atoms with Crippen molar-refractivity contribution in [3.05, 3.63) is 74.2 Å². The Labute approximate surface area is 146 Å². The molecule has 24 heavy (non-hydrogen) atoms. The van der Waals surface area contributed by atoms with Crippen LogP contribution in [0.3, 0.4) is 0 Å². The number of aliphatic hydroxyl groups excluding tert-OH is 1. The fraction of sp³-hybridized carbons (Fsp3) is 0.200. The zero-order chi connectivity index (χ0) is 17.1. The van der Waals surface area contributed by atoms with Crippen molar-refractivity contribution in [3.63, 3.8) is 0 Å². The summed E-state index contributed by atoms with van der Waals surface area (Å²) in [5.41, 5.74) is 0.249. The smallest absolute Gasteiger partial charge is 0.285 e. The van der Waals surface area contributed by atoms with E-state index in [2.05, 4.69) is 15.2 Å². The van der Waals surface area contributed by atoms with Crippen LogP contribution in [0.15, 0.2) is 45.8 Å². The average Bonchev–Trinajstić information content (AvgIpc) is 2.99. The molecule has 0 saturated carbocycles. The van der Waals surface area contributed by atoms with Crippen molar-refractivity contribution in [3.8, 4) is 0 Å². The lowest BCUT2D eigenvalue weighted by Gasteiger charge is -2.08. The highest BCUT2D eigenvalue weighted by Crippen LogP contribution is 2.19. The molecule has 0 saturated heterocycles. The predicted octanol–water partition coefficient (Wildman–Crippen LogP) is 2.26. The summed E-state index contributed by atoms with van der Waals surface area (Å²) in [6.07, 6.45) is 0.786. The quantitative estimate of drug-likeness (QED) is 0.744. The normalized spacial score (nSPS) is 12.3. The van der Waals surface area contributed by atoms with Gasteiger partial charge in [0, 0.05) is 17.6 Å². The number of aliphatic hydroxyl groups is 1. The molecule has 1 atom stereocenters. The van der Waals surface area contributed by atoms with Crippen LogP contribution in [0.1, 0.15) is 23.4 Å². The monoisotopic (exact) mass is 366 g/mol. The lowest BCUT2D eigenvalue weighted by atomic mass is 10.1. The number of hydrogen-bond acceptors (Lipinski definition) is 6. The van der Waals surface area contributed by atoms with Crippen LogP contribution in [0.25, 0.3) is 0 Å². The predicted molar refractivity (Wildman–Crippen MR) is 87.0 cm³/mol. The van der Waals surface area contributed by atoms with Crippen LogP contribution in [-0.2, 0) is 13.0 Å². The van der Waals surface area contributed by atoms with Gasteiger partial charge in [0.25, 0.3) is 5.56 Å². The van der Waals surface area contributed by atoms with E-state index in [0.29, 0.717) is 16.4 Å². The molecule has 9 heteroatoms. The van der Waals surface area contributed by atoms with Crippen LogP contribution in [0.5, 0.6) is 0 Å². The molecule has 124 valence electrons. The van der Waals surface area contributed by atoms with Crippen molar-refractivity contribution in [2.75, 3.05) is 0 Å². The highest BCUT2D eigenvalue weighted by atomic mass is 35.5. The van der Waals surface area contributed by atoms with Gasteiger partial charge in [-0.2, -0.15) is 10.1 Å². The summed E-state index contributed by atoms with van der Waals surface area (Å²) in [5.74, 6) is 0.521. The molecule has 0 aliphatic heterocycles. The highest BCUT2D eigenvalue weighted by Gasteiger charge is 2.15. The second-order valence-corrected chi connectivity index (χ2v) is 5.86. The van der Waals surface area contributed by atoms with E-state index < -0.39 is 11.7 Å². The standard InChI is InChI=1S/C15H12Cl2N4O3/c16-10-3-1-9(2-4-10)12(22)7-13-19-14(24-20-13)8-21-15(23)11(17)5-6-18-21/h1-6,12,22H,7-8H2. The molecular formula is C15H12Cl2N4O3. The number of rotatable bonds is 5. The third kappa shape index (κ3) is 3.81. The summed E-state index contributed by atoms with van der Waals surface area (Å²) in [5, 5.41) is 18.5. The van der Waals surface area contributed by atoms with Gasteiger partial charge in [0.05, 0.1) is 6.10 Å².